The fourth-order valence-corrected chi connectivity index (χ4v) is 5.00. The van der Waals surface area contributed by atoms with Crippen LogP contribution in [0.5, 0.6) is 5.75 Å². The minimum Gasteiger partial charge on any atom is -0.497 e. The van der Waals surface area contributed by atoms with Crippen molar-refractivity contribution in [3.8, 4) is 11.8 Å². The Bertz CT molecular complexity index is 903. The summed E-state index contributed by atoms with van der Waals surface area (Å²) in [5.74, 6) is 0.815. The molecule has 1 aliphatic carbocycles. The Labute approximate surface area is 154 Å². The molecule has 26 heavy (non-hydrogen) atoms. The van der Waals surface area contributed by atoms with E-state index in [1.807, 2.05) is 24.3 Å². The van der Waals surface area contributed by atoms with Crippen LogP contribution in [0.25, 0.3) is 0 Å². The first-order valence-corrected chi connectivity index (χ1v) is 9.04. The standard InChI is InChI=1S/C22H24N2O2/c1-21-9-10-24(2)20(12-16-7-8-18(26-3)13-19(16)21)22(21,25)17-6-4-5-15(11-17)14-23/h4-8,11,13,20,25H,9-10,12H2,1-3H3/t20-,21+,22-/m1/s1. The number of nitrogens with zero attached hydrogens (tertiary/aromatic N) is 2. The summed E-state index contributed by atoms with van der Waals surface area (Å²) in [7, 11) is 3.75. The van der Waals surface area contributed by atoms with Gasteiger partial charge in [-0.25, -0.2) is 0 Å². The summed E-state index contributed by atoms with van der Waals surface area (Å²) in [4.78, 5) is 2.26. The van der Waals surface area contributed by atoms with E-state index in [4.69, 9.17) is 4.74 Å². The van der Waals surface area contributed by atoms with Crippen LogP contribution in [0, 0.1) is 11.3 Å². The van der Waals surface area contributed by atoms with Crippen LogP contribution in [0.1, 0.15) is 35.6 Å². The molecule has 4 rings (SSSR count). The molecule has 0 saturated carbocycles. The molecule has 1 N–H and O–H groups in total. The highest BCUT2D eigenvalue weighted by Crippen LogP contribution is 2.56. The molecule has 2 aromatic rings. The minimum absolute atomic E-state index is 0.0314. The Balaban J connectivity index is 1.97. The number of likely N-dealkylation sites (N-methyl/N-ethyl adjacent to an activating group) is 1. The molecular formula is C22H24N2O2. The third-order valence-electron chi connectivity index (χ3n) is 6.58. The predicted molar refractivity (Wildman–Crippen MR) is 100 cm³/mol. The third-order valence-corrected chi connectivity index (χ3v) is 6.58. The van der Waals surface area contributed by atoms with Crippen LogP contribution in [-0.2, 0) is 17.4 Å². The summed E-state index contributed by atoms with van der Waals surface area (Å²) in [5.41, 5.74) is 2.32. The second kappa shape index (κ2) is 5.84. The van der Waals surface area contributed by atoms with Crippen LogP contribution in [0.15, 0.2) is 42.5 Å². The highest BCUT2D eigenvalue weighted by atomic mass is 16.5. The highest BCUT2D eigenvalue weighted by Gasteiger charge is 2.60. The van der Waals surface area contributed by atoms with Crippen LogP contribution in [0.3, 0.4) is 0 Å². The van der Waals surface area contributed by atoms with Crippen molar-refractivity contribution in [2.24, 2.45) is 0 Å². The summed E-state index contributed by atoms with van der Waals surface area (Å²) < 4.78 is 5.46. The van der Waals surface area contributed by atoms with Gasteiger partial charge >= 0.3 is 0 Å². The fraction of sp³-hybridized carbons (Fsp3) is 0.409. The van der Waals surface area contributed by atoms with Gasteiger partial charge < -0.3 is 9.84 Å². The smallest absolute Gasteiger partial charge is 0.119 e. The minimum atomic E-state index is -1.06. The van der Waals surface area contributed by atoms with Gasteiger partial charge in [0.1, 0.15) is 11.4 Å². The molecule has 0 aromatic heterocycles. The van der Waals surface area contributed by atoms with E-state index in [0.29, 0.717) is 5.56 Å². The Morgan fingerprint density at radius 3 is 2.81 bits per heavy atom. The van der Waals surface area contributed by atoms with Gasteiger partial charge in [0.25, 0.3) is 0 Å². The van der Waals surface area contributed by atoms with E-state index in [0.717, 1.165) is 36.3 Å². The largest absolute Gasteiger partial charge is 0.497 e. The van der Waals surface area contributed by atoms with E-state index >= 15 is 0 Å². The Hall–Kier alpha value is -2.35. The van der Waals surface area contributed by atoms with Gasteiger partial charge in [0.2, 0.25) is 0 Å². The maximum Gasteiger partial charge on any atom is 0.119 e. The van der Waals surface area contributed by atoms with E-state index in [-0.39, 0.29) is 6.04 Å². The number of piperidine rings is 1. The lowest BCUT2D eigenvalue weighted by Crippen LogP contribution is -2.67. The zero-order valence-corrected chi connectivity index (χ0v) is 15.5. The van der Waals surface area contributed by atoms with Crippen LogP contribution in [-0.4, -0.2) is 36.8 Å². The Morgan fingerprint density at radius 1 is 1.27 bits per heavy atom. The van der Waals surface area contributed by atoms with Crippen molar-refractivity contribution in [2.45, 2.75) is 36.8 Å². The molecule has 2 bridgehead atoms. The average Bonchev–Trinajstić information content (AvgIpc) is 2.67. The molecule has 3 atom stereocenters. The molecule has 0 spiro atoms. The monoisotopic (exact) mass is 348 g/mol. The quantitative estimate of drug-likeness (QED) is 0.906. The van der Waals surface area contributed by atoms with E-state index < -0.39 is 11.0 Å². The number of nitriles is 1. The van der Waals surface area contributed by atoms with Crippen LogP contribution in [0.4, 0.5) is 0 Å². The molecule has 2 aromatic carbocycles. The lowest BCUT2D eigenvalue weighted by atomic mass is 9.53. The molecule has 1 heterocycles. The first-order chi connectivity index (χ1) is 12.4. The molecule has 2 aliphatic rings. The van der Waals surface area contributed by atoms with Gasteiger partial charge in [-0.3, -0.25) is 4.90 Å². The van der Waals surface area contributed by atoms with Crippen molar-refractivity contribution in [1.82, 2.24) is 4.90 Å². The van der Waals surface area contributed by atoms with Crippen LogP contribution < -0.4 is 4.74 Å². The van der Waals surface area contributed by atoms with E-state index in [1.165, 1.54) is 5.56 Å². The lowest BCUT2D eigenvalue weighted by Gasteiger charge is -2.60. The number of benzene rings is 2. The van der Waals surface area contributed by atoms with E-state index in [1.54, 1.807) is 13.2 Å². The molecule has 1 saturated heterocycles. The number of methoxy groups -OCH3 is 1. The fourth-order valence-electron chi connectivity index (χ4n) is 5.00. The molecule has 1 aliphatic heterocycles. The zero-order valence-electron chi connectivity index (χ0n) is 15.5. The number of hydrogen-bond acceptors (Lipinski definition) is 4. The second-order valence-electron chi connectivity index (χ2n) is 7.76. The highest BCUT2D eigenvalue weighted by molar-refractivity contribution is 5.51. The molecule has 0 radical (unpaired) electrons. The van der Waals surface area contributed by atoms with Gasteiger partial charge in [0.15, 0.2) is 0 Å². The summed E-state index contributed by atoms with van der Waals surface area (Å²) in [5, 5.41) is 21.5. The third kappa shape index (κ3) is 2.14. The van der Waals surface area contributed by atoms with Crippen molar-refractivity contribution in [3.05, 3.63) is 64.7 Å². The number of likely N-dealkylation sites (tertiary alicyclic amines) is 1. The number of ether oxygens (including phenoxy) is 1. The summed E-state index contributed by atoms with van der Waals surface area (Å²) >= 11 is 0. The summed E-state index contributed by atoms with van der Waals surface area (Å²) in [6.45, 7) is 3.08. The van der Waals surface area contributed by atoms with Crippen molar-refractivity contribution < 1.29 is 9.84 Å². The number of fused-ring (bicyclic) bond motifs is 4. The molecule has 0 unspecified atom stereocenters. The van der Waals surface area contributed by atoms with Crippen molar-refractivity contribution >= 4 is 0 Å². The van der Waals surface area contributed by atoms with Crippen LogP contribution >= 0.6 is 0 Å². The molecule has 4 heteroatoms. The van der Waals surface area contributed by atoms with Crippen molar-refractivity contribution in [3.63, 3.8) is 0 Å². The molecule has 0 amide bonds. The van der Waals surface area contributed by atoms with Gasteiger partial charge in [-0.2, -0.15) is 5.26 Å². The average molecular weight is 348 g/mol. The SMILES string of the molecule is COc1ccc2c(c1)[C@]1(C)CCN(C)[C@H](C2)[C@]1(O)c1cccc(C#N)c1. The molecule has 134 valence electrons. The van der Waals surface area contributed by atoms with Gasteiger partial charge in [-0.05, 0) is 67.4 Å². The van der Waals surface area contributed by atoms with Gasteiger partial charge in [0, 0.05) is 11.5 Å². The topological polar surface area (TPSA) is 56.5 Å². The Kier molecular flexibility index (Phi) is 3.83. The second-order valence-corrected chi connectivity index (χ2v) is 7.76. The molecular weight excluding hydrogens is 324 g/mol. The zero-order chi connectivity index (χ0) is 18.5. The summed E-state index contributed by atoms with van der Waals surface area (Å²) in [6.07, 6.45) is 1.62. The molecule has 4 nitrogen and oxygen atoms in total. The Morgan fingerprint density at radius 2 is 2.08 bits per heavy atom. The predicted octanol–water partition coefficient (Wildman–Crippen LogP) is 2.97. The van der Waals surface area contributed by atoms with Gasteiger partial charge in [-0.1, -0.05) is 25.1 Å². The molecule has 1 fully saturated rings. The first kappa shape index (κ1) is 17.1. The van der Waals surface area contributed by atoms with Crippen molar-refractivity contribution in [1.29, 1.82) is 5.26 Å². The maximum absolute atomic E-state index is 12.2. The lowest BCUT2D eigenvalue weighted by molar-refractivity contribution is -0.141. The van der Waals surface area contributed by atoms with Gasteiger partial charge in [0.05, 0.1) is 18.7 Å². The summed E-state index contributed by atoms with van der Waals surface area (Å²) in [6, 6.07) is 15.8. The maximum atomic E-state index is 12.2. The van der Waals surface area contributed by atoms with Gasteiger partial charge in [-0.15, -0.1) is 0 Å². The van der Waals surface area contributed by atoms with E-state index in [9.17, 15) is 10.4 Å². The van der Waals surface area contributed by atoms with Crippen LogP contribution in [0.2, 0.25) is 0 Å². The van der Waals surface area contributed by atoms with Crippen molar-refractivity contribution in [2.75, 3.05) is 20.7 Å². The normalized spacial score (nSPS) is 30.3. The number of hydrogen-bond donors (Lipinski definition) is 1. The van der Waals surface area contributed by atoms with E-state index in [2.05, 4.69) is 37.1 Å². The first-order valence-electron chi connectivity index (χ1n) is 9.04. The number of rotatable bonds is 2. The number of aliphatic hydroxyl groups is 1.